The largest absolute Gasteiger partial charge is 0.492 e. The number of aromatic nitrogens is 1. The van der Waals surface area contributed by atoms with Gasteiger partial charge in [0.25, 0.3) is 5.91 Å². The molecule has 1 amide bonds. The van der Waals surface area contributed by atoms with E-state index in [-0.39, 0.29) is 30.2 Å². The van der Waals surface area contributed by atoms with Crippen molar-refractivity contribution in [3.63, 3.8) is 0 Å². The van der Waals surface area contributed by atoms with Crippen LogP contribution in [0.4, 0.5) is 17.6 Å². The number of hydrogen-bond acceptors (Lipinski definition) is 4. The third kappa shape index (κ3) is 10.2. The van der Waals surface area contributed by atoms with Crippen LogP contribution in [0.2, 0.25) is 0 Å². The van der Waals surface area contributed by atoms with Crippen molar-refractivity contribution in [1.29, 1.82) is 0 Å². The second-order valence-corrected chi connectivity index (χ2v) is 7.97. The summed E-state index contributed by atoms with van der Waals surface area (Å²) >= 11 is 0. The Hall–Kier alpha value is -3.49. The van der Waals surface area contributed by atoms with E-state index in [1.165, 1.54) is 17.9 Å². The molecule has 9 heteroatoms. The fourth-order valence-corrected chi connectivity index (χ4v) is 3.29. The van der Waals surface area contributed by atoms with E-state index in [0.29, 0.717) is 12.1 Å². The highest BCUT2D eigenvalue weighted by Gasteiger charge is 2.31. The molecule has 0 spiro atoms. The fraction of sp³-hybridized carbons (Fsp3) is 0.393. The third-order valence-corrected chi connectivity index (χ3v) is 5.18. The molecule has 0 radical (unpaired) electrons. The van der Waals surface area contributed by atoms with E-state index in [4.69, 9.17) is 4.74 Å². The highest BCUT2D eigenvalue weighted by Crippen LogP contribution is 2.27. The zero-order valence-electron chi connectivity index (χ0n) is 22.1. The van der Waals surface area contributed by atoms with Crippen LogP contribution in [0.1, 0.15) is 64.0 Å². The molecule has 0 aliphatic heterocycles. The van der Waals surface area contributed by atoms with E-state index in [0.717, 1.165) is 24.4 Å². The molecule has 0 saturated carbocycles. The van der Waals surface area contributed by atoms with Crippen molar-refractivity contribution in [2.45, 2.75) is 60.2 Å². The molecule has 5 nitrogen and oxygen atoms in total. The van der Waals surface area contributed by atoms with Gasteiger partial charge in [0.1, 0.15) is 18.2 Å². The van der Waals surface area contributed by atoms with Crippen LogP contribution in [0.5, 0.6) is 0 Å². The maximum absolute atomic E-state index is 14.1. The van der Waals surface area contributed by atoms with E-state index in [1.807, 2.05) is 19.9 Å². The summed E-state index contributed by atoms with van der Waals surface area (Å²) in [4.78, 5) is 23.3. The van der Waals surface area contributed by atoms with Gasteiger partial charge in [0.15, 0.2) is 0 Å². The van der Waals surface area contributed by atoms with Crippen molar-refractivity contribution in [3.05, 3.63) is 89.4 Å². The molecule has 0 aliphatic carbocycles. The number of pyridine rings is 1. The number of amides is 1. The third-order valence-electron chi connectivity index (χ3n) is 5.18. The number of likely N-dealkylation sites (N-methyl/N-ethyl adjacent to an activating group) is 1. The number of carbonyl (C=O) groups is 1. The van der Waals surface area contributed by atoms with E-state index in [2.05, 4.69) is 9.98 Å². The Morgan fingerprint density at radius 2 is 1.92 bits per heavy atom. The van der Waals surface area contributed by atoms with Crippen LogP contribution in [0.15, 0.2) is 77.3 Å². The number of allylic oxidation sites excluding steroid dienone is 8. The Bertz CT molecular complexity index is 1080. The van der Waals surface area contributed by atoms with Gasteiger partial charge in [0.2, 0.25) is 0 Å². The topological polar surface area (TPSA) is 54.8 Å². The van der Waals surface area contributed by atoms with E-state index in [9.17, 15) is 22.4 Å². The average molecular weight is 522 g/mol. The summed E-state index contributed by atoms with van der Waals surface area (Å²) in [6.45, 7) is 10.5. The van der Waals surface area contributed by atoms with Crippen molar-refractivity contribution in [3.8, 4) is 0 Å². The SMILES string of the molecule is C/C=C/C=C\N=C(/C)c1ncc(F)cc1C(=O)N(CC)C(C)COC(/C=C\C(=C/C)C(F)(F)F)=C\CC. The first kappa shape index (κ1) is 31.5. The van der Waals surface area contributed by atoms with Crippen molar-refractivity contribution < 1.29 is 27.1 Å². The van der Waals surface area contributed by atoms with Gasteiger partial charge >= 0.3 is 6.18 Å². The monoisotopic (exact) mass is 521 g/mol. The molecule has 0 aliphatic rings. The maximum atomic E-state index is 14.1. The first-order valence-electron chi connectivity index (χ1n) is 12.0. The number of halogens is 4. The molecular formula is C28H35F4N3O2. The number of nitrogens with zero attached hydrogens (tertiary/aromatic N) is 3. The van der Waals surface area contributed by atoms with Crippen LogP contribution in [0, 0.1) is 5.82 Å². The molecule has 0 bridgehead atoms. The molecule has 1 rings (SSSR count). The quantitative estimate of drug-likeness (QED) is 0.125. The number of carbonyl (C=O) groups excluding carboxylic acids is 1. The molecule has 0 saturated heterocycles. The average Bonchev–Trinajstić information content (AvgIpc) is 2.84. The lowest BCUT2D eigenvalue weighted by Gasteiger charge is -2.29. The zero-order chi connectivity index (χ0) is 28.0. The van der Waals surface area contributed by atoms with Gasteiger partial charge in [-0.05, 0) is 71.4 Å². The lowest BCUT2D eigenvalue weighted by atomic mass is 10.1. The van der Waals surface area contributed by atoms with E-state index in [1.54, 1.807) is 45.2 Å². The van der Waals surface area contributed by atoms with Gasteiger partial charge in [-0.25, -0.2) is 4.39 Å². The summed E-state index contributed by atoms with van der Waals surface area (Å²) in [6.07, 6.45) is 8.83. The summed E-state index contributed by atoms with van der Waals surface area (Å²) < 4.78 is 58.9. The molecule has 1 aromatic rings. The van der Waals surface area contributed by atoms with E-state index < -0.39 is 29.5 Å². The van der Waals surface area contributed by atoms with Gasteiger partial charge in [-0.2, -0.15) is 13.2 Å². The standard InChI is InChI=1S/C28H35F4N3O2/c1-7-11-12-16-33-21(6)26-25(17-23(29)18-34-26)27(36)35(10-4)20(5)19-37-24(13-8-2)15-14-22(9-3)28(30,31)32/h7,9,11-18,20H,8,10,19H2,1-6H3/b11-7+,15-14-,16-12-,22-9+,24-13-,33-21+. The summed E-state index contributed by atoms with van der Waals surface area (Å²) in [6, 6.07) is 0.647. The van der Waals surface area contributed by atoms with Gasteiger partial charge in [0, 0.05) is 12.7 Å². The minimum atomic E-state index is -4.47. The highest BCUT2D eigenvalue weighted by atomic mass is 19.4. The normalized spacial score (nSPS) is 14.7. The van der Waals surface area contributed by atoms with Gasteiger partial charge in [-0.3, -0.25) is 14.8 Å². The number of rotatable bonds is 12. The predicted octanol–water partition coefficient (Wildman–Crippen LogP) is 7.35. The van der Waals surface area contributed by atoms with Gasteiger partial charge in [0.05, 0.1) is 34.8 Å². The van der Waals surface area contributed by atoms with Gasteiger partial charge < -0.3 is 9.64 Å². The highest BCUT2D eigenvalue weighted by molar-refractivity contribution is 6.08. The van der Waals surface area contributed by atoms with Crippen molar-refractivity contribution >= 4 is 11.6 Å². The molecule has 1 unspecified atom stereocenters. The molecular weight excluding hydrogens is 486 g/mol. The molecule has 0 aromatic carbocycles. The Balaban J connectivity index is 3.15. The fourth-order valence-electron chi connectivity index (χ4n) is 3.29. The number of ether oxygens (including phenoxy) is 1. The molecule has 0 fully saturated rings. The lowest BCUT2D eigenvalue weighted by molar-refractivity contribution is -0.0883. The first-order chi connectivity index (χ1) is 17.5. The lowest BCUT2D eigenvalue weighted by Crippen LogP contribution is -2.41. The van der Waals surface area contributed by atoms with Crippen LogP contribution in [-0.2, 0) is 4.74 Å². The summed E-state index contributed by atoms with van der Waals surface area (Å²) in [7, 11) is 0. The smallest absolute Gasteiger partial charge is 0.416 e. The summed E-state index contributed by atoms with van der Waals surface area (Å²) in [5.74, 6) is -0.866. The van der Waals surface area contributed by atoms with Crippen molar-refractivity contribution in [2.24, 2.45) is 4.99 Å². The van der Waals surface area contributed by atoms with Crippen molar-refractivity contribution in [2.75, 3.05) is 13.2 Å². The van der Waals surface area contributed by atoms with E-state index >= 15 is 0 Å². The number of alkyl halides is 3. The Labute approximate surface area is 216 Å². The Morgan fingerprint density at radius 1 is 1.22 bits per heavy atom. The van der Waals surface area contributed by atoms with Crippen LogP contribution in [0.25, 0.3) is 0 Å². The number of hydrogen-bond donors (Lipinski definition) is 0. The molecule has 37 heavy (non-hydrogen) atoms. The van der Waals surface area contributed by atoms with Gasteiger partial charge in [-0.1, -0.05) is 25.2 Å². The first-order valence-corrected chi connectivity index (χ1v) is 12.0. The molecule has 0 N–H and O–H groups in total. The maximum Gasteiger partial charge on any atom is 0.416 e. The second-order valence-electron chi connectivity index (χ2n) is 7.97. The summed E-state index contributed by atoms with van der Waals surface area (Å²) in [5.41, 5.74) is -0.0443. The minimum absolute atomic E-state index is 0.0180. The minimum Gasteiger partial charge on any atom is -0.492 e. The molecule has 1 atom stereocenters. The van der Waals surface area contributed by atoms with Crippen molar-refractivity contribution in [1.82, 2.24) is 9.88 Å². The van der Waals surface area contributed by atoms with Crippen LogP contribution in [0.3, 0.4) is 0 Å². The summed E-state index contributed by atoms with van der Waals surface area (Å²) in [5, 5.41) is 0. The number of aliphatic imine (C=N–C) groups is 1. The van der Waals surface area contributed by atoms with Crippen LogP contribution >= 0.6 is 0 Å². The van der Waals surface area contributed by atoms with Crippen LogP contribution in [-0.4, -0.2) is 46.9 Å². The van der Waals surface area contributed by atoms with Gasteiger partial charge in [-0.15, -0.1) is 0 Å². The predicted molar refractivity (Wildman–Crippen MR) is 140 cm³/mol. The van der Waals surface area contributed by atoms with Crippen LogP contribution < -0.4 is 0 Å². The Morgan fingerprint density at radius 3 is 2.49 bits per heavy atom. The molecule has 1 heterocycles. The molecule has 1 aromatic heterocycles. The second kappa shape index (κ2) is 15.6. The zero-order valence-corrected chi connectivity index (χ0v) is 22.1. The Kier molecular flexibility index (Phi) is 13.3. The molecule has 202 valence electrons.